The van der Waals surface area contributed by atoms with Gasteiger partial charge in [0.05, 0.1) is 18.7 Å². The number of likely N-dealkylation sites (tertiary alicyclic amines) is 1. The molecule has 1 aliphatic rings. The highest BCUT2D eigenvalue weighted by Gasteiger charge is 2.34. The summed E-state index contributed by atoms with van der Waals surface area (Å²) >= 11 is 0. The third-order valence-corrected chi connectivity index (χ3v) is 6.30. The first-order valence-electron chi connectivity index (χ1n) is 12.2. The molecule has 7 heteroatoms. The van der Waals surface area contributed by atoms with E-state index in [4.69, 9.17) is 4.74 Å². The molecule has 0 bridgehead atoms. The molecule has 2 amide bonds. The molecule has 2 N–H and O–H groups in total. The quantitative estimate of drug-likeness (QED) is 0.371. The van der Waals surface area contributed by atoms with E-state index in [1.165, 1.54) is 0 Å². The Morgan fingerprint density at radius 3 is 2.22 bits per heavy atom. The lowest BCUT2D eigenvalue weighted by molar-refractivity contribution is -0.138. The van der Waals surface area contributed by atoms with Gasteiger partial charge in [-0.25, -0.2) is 4.79 Å². The van der Waals surface area contributed by atoms with Crippen LogP contribution in [0.5, 0.6) is 0 Å². The Kier molecular flexibility index (Phi) is 12.0. The molecule has 0 radical (unpaired) electrons. The molecule has 0 aromatic carbocycles. The highest BCUT2D eigenvalue weighted by molar-refractivity contribution is 5.91. The Morgan fingerprint density at radius 2 is 1.69 bits per heavy atom. The first-order valence-corrected chi connectivity index (χ1v) is 12.2. The van der Waals surface area contributed by atoms with E-state index in [-0.39, 0.29) is 41.7 Å². The fourth-order valence-electron chi connectivity index (χ4n) is 4.02. The molecule has 1 heterocycles. The van der Waals surface area contributed by atoms with E-state index in [0.717, 1.165) is 32.2 Å². The molecule has 7 nitrogen and oxygen atoms in total. The molecule has 0 aromatic heterocycles. The van der Waals surface area contributed by atoms with Gasteiger partial charge in [-0.3, -0.25) is 14.5 Å². The van der Waals surface area contributed by atoms with E-state index in [2.05, 4.69) is 29.4 Å². The van der Waals surface area contributed by atoms with Crippen LogP contribution in [0, 0.1) is 11.8 Å². The van der Waals surface area contributed by atoms with E-state index >= 15 is 0 Å². The molecular weight excluding hydrogens is 406 g/mol. The largest absolute Gasteiger partial charge is 0.463 e. The smallest absolute Gasteiger partial charge is 0.333 e. The molecule has 4 atom stereocenters. The van der Waals surface area contributed by atoms with Crippen LogP contribution in [0.1, 0.15) is 81.1 Å². The zero-order chi connectivity index (χ0) is 24.4. The maximum Gasteiger partial charge on any atom is 0.333 e. The second-order valence-corrected chi connectivity index (χ2v) is 9.59. The summed E-state index contributed by atoms with van der Waals surface area (Å²) in [4.78, 5) is 40.7. The van der Waals surface area contributed by atoms with Crippen molar-refractivity contribution in [2.45, 2.75) is 105 Å². The fraction of sp³-hybridized carbons (Fsp3) is 0.800. The predicted octanol–water partition coefficient (Wildman–Crippen LogP) is 3.43. The highest BCUT2D eigenvalue weighted by Crippen LogP contribution is 2.21. The molecule has 1 aliphatic heterocycles. The predicted molar refractivity (Wildman–Crippen MR) is 128 cm³/mol. The van der Waals surface area contributed by atoms with Crippen molar-refractivity contribution in [3.63, 3.8) is 0 Å². The molecule has 0 aromatic rings. The molecule has 184 valence electrons. The lowest BCUT2D eigenvalue weighted by Gasteiger charge is -2.39. The minimum Gasteiger partial charge on any atom is -0.463 e. The van der Waals surface area contributed by atoms with Crippen molar-refractivity contribution in [3.8, 4) is 0 Å². The Balaban J connectivity index is 2.95. The van der Waals surface area contributed by atoms with Gasteiger partial charge in [-0.15, -0.1) is 0 Å². The lowest BCUT2D eigenvalue weighted by atomic mass is 9.96. The second kappa shape index (κ2) is 13.6. The zero-order valence-electron chi connectivity index (χ0n) is 21.4. The summed E-state index contributed by atoms with van der Waals surface area (Å²) < 4.78 is 5.05. The summed E-state index contributed by atoms with van der Waals surface area (Å²) in [6.45, 7) is 16.8. The average molecular weight is 452 g/mol. The first kappa shape index (κ1) is 28.1. The summed E-state index contributed by atoms with van der Waals surface area (Å²) in [5.74, 6) is -0.679. The Hall–Kier alpha value is -1.89. The second-order valence-electron chi connectivity index (χ2n) is 9.59. The normalized spacial score (nSPS) is 20.6. The number of amides is 2. The molecule has 1 rings (SSSR count). The van der Waals surface area contributed by atoms with Crippen molar-refractivity contribution in [2.75, 3.05) is 13.2 Å². The summed E-state index contributed by atoms with van der Waals surface area (Å²) in [6.07, 6.45) is 5.67. The first-order chi connectivity index (χ1) is 15.0. The van der Waals surface area contributed by atoms with Gasteiger partial charge < -0.3 is 15.4 Å². The molecule has 32 heavy (non-hydrogen) atoms. The van der Waals surface area contributed by atoms with Crippen LogP contribution in [0.4, 0.5) is 0 Å². The van der Waals surface area contributed by atoms with E-state index < -0.39 is 6.04 Å². The van der Waals surface area contributed by atoms with Gasteiger partial charge in [-0.05, 0) is 58.4 Å². The van der Waals surface area contributed by atoms with Gasteiger partial charge in [0.2, 0.25) is 11.8 Å². The molecule has 0 saturated carbocycles. The minimum atomic E-state index is -0.638. The van der Waals surface area contributed by atoms with Crippen LogP contribution in [0.3, 0.4) is 0 Å². The maximum absolute atomic E-state index is 13.2. The number of ether oxygens (including phenoxy) is 1. The topological polar surface area (TPSA) is 87.7 Å². The number of carbonyl (C=O) groups excluding carboxylic acids is 3. The maximum atomic E-state index is 13.2. The Bertz CT molecular complexity index is 660. The van der Waals surface area contributed by atoms with Gasteiger partial charge in [0.1, 0.15) is 6.04 Å². The van der Waals surface area contributed by atoms with Crippen LogP contribution in [0.25, 0.3) is 0 Å². The van der Waals surface area contributed by atoms with Crippen molar-refractivity contribution >= 4 is 17.8 Å². The van der Waals surface area contributed by atoms with Crippen molar-refractivity contribution in [2.24, 2.45) is 11.8 Å². The molecular formula is C25H45N3O4. The van der Waals surface area contributed by atoms with Gasteiger partial charge in [0.15, 0.2) is 0 Å². The van der Waals surface area contributed by atoms with Gasteiger partial charge in [-0.2, -0.15) is 0 Å². The molecule has 1 saturated heterocycles. The van der Waals surface area contributed by atoms with Crippen LogP contribution >= 0.6 is 0 Å². The van der Waals surface area contributed by atoms with E-state index in [1.54, 1.807) is 19.9 Å². The van der Waals surface area contributed by atoms with Crippen LogP contribution in [0.15, 0.2) is 11.6 Å². The lowest BCUT2D eigenvalue weighted by Crippen LogP contribution is -2.58. The van der Waals surface area contributed by atoms with Crippen LogP contribution in [0.2, 0.25) is 0 Å². The van der Waals surface area contributed by atoms with E-state index in [1.807, 2.05) is 27.7 Å². The number of esters is 1. The number of carbonyl (C=O) groups is 3. The summed E-state index contributed by atoms with van der Waals surface area (Å²) in [6, 6.07) is -0.838. The number of nitrogens with one attached hydrogen (secondary N) is 2. The average Bonchev–Trinajstić information content (AvgIpc) is 2.75. The zero-order valence-corrected chi connectivity index (χ0v) is 21.4. The van der Waals surface area contributed by atoms with Crippen molar-refractivity contribution in [3.05, 3.63) is 11.6 Å². The van der Waals surface area contributed by atoms with Gasteiger partial charge in [0.25, 0.3) is 0 Å². The Labute approximate surface area is 194 Å². The SMILES string of the molecule is CCOC(=O)/C(C)=C/[C@@H](NC(=O)[C@@H](NC(=O)C1CCCCN1C(C)CC)C(C)C)C(C)C. The number of piperidine rings is 1. The highest BCUT2D eigenvalue weighted by atomic mass is 16.5. The van der Waals surface area contributed by atoms with E-state index in [0.29, 0.717) is 18.2 Å². The fourth-order valence-corrected chi connectivity index (χ4v) is 4.02. The van der Waals surface area contributed by atoms with Gasteiger partial charge >= 0.3 is 5.97 Å². The molecule has 0 spiro atoms. The van der Waals surface area contributed by atoms with Crippen LogP contribution in [-0.2, 0) is 19.1 Å². The third kappa shape index (κ3) is 8.23. The monoisotopic (exact) mass is 451 g/mol. The number of hydrogen-bond donors (Lipinski definition) is 2. The number of hydrogen-bond acceptors (Lipinski definition) is 5. The number of rotatable bonds is 11. The van der Waals surface area contributed by atoms with E-state index in [9.17, 15) is 14.4 Å². The molecule has 1 fully saturated rings. The number of nitrogens with zero attached hydrogens (tertiary/aromatic N) is 1. The minimum absolute atomic E-state index is 0.0671. The summed E-state index contributed by atoms with van der Waals surface area (Å²) in [7, 11) is 0. The molecule has 0 aliphatic carbocycles. The Morgan fingerprint density at radius 1 is 1.03 bits per heavy atom. The van der Waals surface area contributed by atoms with Crippen LogP contribution in [-0.4, -0.2) is 60.0 Å². The van der Waals surface area contributed by atoms with Crippen molar-refractivity contribution in [1.82, 2.24) is 15.5 Å². The van der Waals surface area contributed by atoms with Crippen molar-refractivity contribution in [1.29, 1.82) is 0 Å². The van der Waals surface area contributed by atoms with Crippen molar-refractivity contribution < 1.29 is 19.1 Å². The standard InChI is InChI=1S/C25H45N3O4/c1-9-19(8)28-14-12-11-13-21(28)23(29)27-22(17(5)6)24(30)26-20(16(3)4)15-18(7)25(31)32-10-2/h15-17,19-22H,9-14H2,1-8H3,(H,26,30)(H,27,29)/b18-15+/t19?,20-,21?,22+/m1/s1. The van der Waals surface area contributed by atoms with Gasteiger partial charge in [-0.1, -0.05) is 47.1 Å². The van der Waals surface area contributed by atoms with Gasteiger partial charge in [0, 0.05) is 11.6 Å². The molecule has 2 unspecified atom stereocenters. The van der Waals surface area contributed by atoms with Crippen LogP contribution < -0.4 is 10.6 Å². The third-order valence-electron chi connectivity index (χ3n) is 6.30. The summed E-state index contributed by atoms with van der Waals surface area (Å²) in [5.41, 5.74) is 0.461. The summed E-state index contributed by atoms with van der Waals surface area (Å²) in [5, 5.41) is 6.06.